The third kappa shape index (κ3) is 4.20. The number of carbonyl (C=O) groups is 2. The maximum absolute atomic E-state index is 14.3. The van der Waals surface area contributed by atoms with Crippen molar-refractivity contribution in [2.24, 2.45) is 0 Å². The van der Waals surface area contributed by atoms with Crippen molar-refractivity contribution in [3.05, 3.63) is 65.5 Å². The Morgan fingerprint density at radius 3 is 2.35 bits per heavy atom. The van der Waals surface area contributed by atoms with Crippen molar-refractivity contribution in [1.29, 1.82) is 0 Å². The number of urea groups is 1. The van der Waals surface area contributed by atoms with Gasteiger partial charge in [0.25, 0.3) is 0 Å². The van der Waals surface area contributed by atoms with Crippen molar-refractivity contribution in [2.45, 2.75) is 13.5 Å². The number of nitrogens with zero attached hydrogens (tertiary/aromatic N) is 2. The Morgan fingerprint density at radius 1 is 1.04 bits per heavy atom. The first-order chi connectivity index (χ1) is 12.5. The van der Waals surface area contributed by atoms with E-state index in [0.717, 1.165) is 5.56 Å². The standard InChI is InChI=1S/C20H22FN3O2/c1-15(25)17-7-8-19(18(21)13-17)23-9-11-24(12-10-23)20(26)22-14-16-5-3-2-4-6-16/h2-8,13H,9-12,14H2,1H3,(H,22,26). The number of benzene rings is 2. The molecule has 0 aliphatic carbocycles. The summed E-state index contributed by atoms with van der Waals surface area (Å²) in [5, 5.41) is 2.91. The number of piperazine rings is 1. The first-order valence-corrected chi connectivity index (χ1v) is 8.67. The molecule has 1 fully saturated rings. The van der Waals surface area contributed by atoms with Crippen LogP contribution in [0.3, 0.4) is 0 Å². The number of hydrogen-bond acceptors (Lipinski definition) is 3. The number of carbonyl (C=O) groups excluding carboxylic acids is 2. The summed E-state index contributed by atoms with van der Waals surface area (Å²) in [5.74, 6) is -0.560. The Morgan fingerprint density at radius 2 is 1.73 bits per heavy atom. The van der Waals surface area contributed by atoms with Gasteiger partial charge in [0, 0.05) is 38.3 Å². The predicted molar refractivity (Wildman–Crippen MR) is 98.9 cm³/mol. The van der Waals surface area contributed by atoms with Gasteiger partial charge in [-0.05, 0) is 30.7 Å². The molecule has 26 heavy (non-hydrogen) atoms. The molecule has 0 spiro atoms. The van der Waals surface area contributed by atoms with Crippen LogP contribution in [0.1, 0.15) is 22.8 Å². The molecule has 0 radical (unpaired) electrons. The van der Waals surface area contributed by atoms with Gasteiger partial charge in [0.1, 0.15) is 5.82 Å². The van der Waals surface area contributed by atoms with Crippen molar-refractivity contribution >= 4 is 17.5 Å². The molecule has 2 aromatic carbocycles. The average Bonchev–Trinajstić information content (AvgIpc) is 2.67. The maximum Gasteiger partial charge on any atom is 0.317 e. The molecule has 2 aromatic rings. The summed E-state index contributed by atoms with van der Waals surface area (Å²) in [6, 6.07) is 14.2. The van der Waals surface area contributed by atoms with Gasteiger partial charge < -0.3 is 15.1 Å². The fraction of sp³-hybridized carbons (Fsp3) is 0.300. The summed E-state index contributed by atoms with van der Waals surface area (Å²) in [5.41, 5.74) is 1.89. The van der Waals surface area contributed by atoms with E-state index < -0.39 is 5.82 Å². The molecular weight excluding hydrogens is 333 g/mol. The molecule has 1 aliphatic rings. The van der Waals surface area contributed by atoms with Crippen LogP contribution in [0, 0.1) is 5.82 Å². The molecule has 1 heterocycles. The highest BCUT2D eigenvalue weighted by Gasteiger charge is 2.23. The van der Waals surface area contributed by atoms with E-state index in [2.05, 4.69) is 5.32 Å². The molecule has 1 aliphatic heterocycles. The number of ketones is 1. The molecule has 0 saturated carbocycles. The van der Waals surface area contributed by atoms with Crippen LogP contribution < -0.4 is 10.2 Å². The second-order valence-electron chi connectivity index (χ2n) is 6.34. The molecule has 1 saturated heterocycles. The summed E-state index contributed by atoms with van der Waals surface area (Å²) in [4.78, 5) is 27.3. The van der Waals surface area contributed by atoms with Crippen molar-refractivity contribution in [3.63, 3.8) is 0 Å². The summed E-state index contributed by atoms with van der Waals surface area (Å²) in [6.07, 6.45) is 0. The number of rotatable bonds is 4. The molecule has 5 nitrogen and oxygen atoms in total. The van der Waals surface area contributed by atoms with E-state index in [-0.39, 0.29) is 11.8 Å². The zero-order valence-electron chi connectivity index (χ0n) is 14.7. The predicted octanol–water partition coefficient (Wildman–Crippen LogP) is 3.06. The number of nitrogens with one attached hydrogen (secondary N) is 1. The fourth-order valence-electron chi connectivity index (χ4n) is 3.02. The van der Waals surface area contributed by atoms with Gasteiger partial charge in [-0.3, -0.25) is 4.79 Å². The van der Waals surface area contributed by atoms with Gasteiger partial charge in [0.2, 0.25) is 0 Å². The second-order valence-corrected chi connectivity index (χ2v) is 6.34. The monoisotopic (exact) mass is 355 g/mol. The highest BCUT2D eigenvalue weighted by molar-refractivity contribution is 5.94. The first-order valence-electron chi connectivity index (χ1n) is 8.67. The van der Waals surface area contributed by atoms with E-state index in [1.807, 2.05) is 35.2 Å². The third-order valence-electron chi connectivity index (χ3n) is 4.55. The van der Waals surface area contributed by atoms with Crippen LogP contribution in [-0.4, -0.2) is 42.9 Å². The quantitative estimate of drug-likeness (QED) is 0.858. The van der Waals surface area contributed by atoms with E-state index in [9.17, 15) is 14.0 Å². The largest absolute Gasteiger partial charge is 0.366 e. The number of anilines is 1. The Labute approximate surface area is 152 Å². The lowest BCUT2D eigenvalue weighted by Crippen LogP contribution is -2.51. The number of Topliss-reactive ketones (excluding diaryl/α,β-unsaturated/α-hetero) is 1. The molecule has 3 rings (SSSR count). The number of amides is 2. The Kier molecular flexibility index (Phi) is 5.51. The van der Waals surface area contributed by atoms with Crippen LogP contribution in [0.25, 0.3) is 0 Å². The lowest BCUT2D eigenvalue weighted by molar-refractivity contribution is 0.101. The SMILES string of the molecule is CC(=O)c1ccc(N2CCN(C(=O)NCc3ccccc3)CC2)c(F)c1. The number of halogens is 1. The summed E-state index contributed by atoms with van der Waals surface area (Å²) in [7, 11) is 0. The third-order valence-corrected chi connectivity index (χ3v) is 4.55. The van der Waals surface area contributed by atoms with Gasteiger partial charge in [-0.2, -0.15) is 0 Å². The zero-order chi connectivity index (χ0) is 18.5. The van der Waals surface area contributed by atoms with Crippen molar-refractivity contribution in [3.8, 4) is 0 Å². The Hall–Kier alpha value is -2.89. The summed E-state index contributed by atoms with van der Waals surface area (Å²) >= 11 is 0. The normalized spacial score (nSPS) is 14.2. The van der Waals surface area contributed by atoms with Crippen LogP contribution in [0.15, 0.2) is 48.5 Å². The summed E-state index contributed by atoms with van der Waals surface area (Å²) < 4.78 is 14.3. The van der Waals surface area contributed by atoms with Crippen molar-refractivity contribution < 1.29 is 14.0 Å². The number of hydrogen-bond donors (Lipinski definition) is 1. The van der Waals surface area contributed by atoms with Gasteiger partial charge in [-0.1, -0.05) is 30.3 Å². The Bertz CT molecular complexity index is 787. The van der Waals surface area contributed by atoms with Crippen LogP contribution in [-0.2, 0) is 6.54 Å². The van der Waals surface area contributed by atoms with Crippen LogP contribution in [0.5, 0.6) is 0 Å². The minimum absolute atomic E-state index is 0.110. The molecule has 0 bridgehead atoms. The molecule has 0 aromatic heterocycles. The highest BCUT2D eigenvalue weighted by atomic mass is 19.1. The van der Waals surface area contributed by atoms with Crippen molar-refractivity contribution in [2.75, 3.05) is 31.1 Å². The minimum atomic E-state index is -0.403. The smallest absolute Gasteiger partial charge is 0.317 e. The first kappa shape index (κ1) is 17.9. The van der Waals surface area contributed by atoms with Crippen LogP contribution in [0.2, 0.25) is 0 Å². The maximum atomic E-state index is 14.3. The van der Waals surface area contributed by atoms with E-state index >= 15 is 0 Å². The van der Waals surface area contributed by atoms with E-state index in [1.54, 1.807) is 17.0 Å². The van der Waals surface area contributed by atoms with Gasteiger partial charge >= 0.3 is 6.03 Å². The molecule has 6 heteroatoms. The fourth-order valence-corrected chi connectivity index (χ4v) is 3.02. The van der Waals surface area contributed by atoms with Gasteiger partial charge in [-0.25, -0.2) is 9.18 Å². The Balaban J connectivity index is 1.54. The van der Waals surface area contributed by atoms with Crippen molar-refractivity contribution in [1.82, 2.24) is 10.2 Å². The van der Waals surface area contributed by atoms with E-state index in [4.69, 9.17) is 0 Å². The molecule has 2 amide bonds. The molecular formula is C20H22FN3O2. The minimum Gasteiger partial charge on any atom is -0.366 e. The molecule has 1 N–H and O–H groups in total. The topological polar surface area (TPSA) is 52.7 Å². The van der Waals surface area contributed by atoms with Crippen LogP contribution >= 0.6 is 0 Å². The zero-order valence-corrected chi connectivity index (χ0v) is 14.7. The highest BCUT2D eigenvalue weighted by Crippen LogP contribution is 2.22. The van der Waals surface area contributed by atoms with Gasteiger partial charge in [-0.15, -0.1) is 0 Å². The lowest BCUT2D eigenvalue weighted by atomic mass is 10.1. The second kappa shape index (κ2) is 7.99. The van der Waals surface area contributed by atoms with E-state index in [1.165, 1.54) is 13.0 Å². The van der Waals surface area contributed by atoms with Crippen LogP contribution in [0.4, 0.5) is 14.9 Å². The van der Waals surface area contributed by atoms with E-state index in [0.29, 0.717) is 44.0 Å². The average molecular weight is 355 g/mol. The van der Waals surface area contributed by atoms with Gasteiger partial charge in [0.05, 0.1) is 5.69 Å². The van der Waals surface area contributed by atoms with Gasteiger partial charge in [0.15, 0.2) is 5.78 Å². The summed E-state index contributed by atoms with van der Waals surface area (Å²) in [6.45, 7) is 4.05. The molecule has 0 atom stereocenters. The molecule has 0 unspecified atom stereocenters. The molecule has 136 valence electrons. The lowest BCUT2D eigenvalue weighted by Gasteiger charge is -2.36.